The molecule has 2 heterocycles. The molecule has 3 aromatic rings. The lowest BCUT2D eigenvalue weighted by atomic mass is 9.97. The number of aromatic nitrogens is 3. The molecule has 1 amide bonds. The summed E-state index contributed by atoms with van der Waals surface area (Å²) >= 11 is 0. The van der Waals surface area contributed by atoms with Crippen molar-refractivity contribution < 1.29 is 9.18 Å². The Balaban J connectivity index is 1.79. The number of amides is 1. The van der Waals surface area contributed by atoms with Gasteiger partial charge in [-0.2, -0.15) is 0 Å². The molecule has 0 atom stereocenters. The largest absolute Gasteiger partial charge is 0.361 e. The summed E-state index contributed by atoms with van der Waals surface area (Å²) < 4.78 is 13.7. The molecule has 0 aliphatic carbocycles. The SMILES string of the molecule is CCCC(CCC)C(=O)NC(=NCCc1c[nH]c2ccc(F)cc12)Nc1nc(C)cc(C)n1. The standard InChI is InChI=1S/C25H33FN6O/c1-5-7-18(8-6-2)23(33)31-24(32-25-29-16(3)13-17(4)30-25)27-12-11-19-15-28-22-10-9-20(26)14-21(19)22/h9-10,13-15,18,28H,5-8,11-12H2,1-4H3,(H2,27,29,30,31,32,33). The van der Waals surface area contributed by atoms with Gasteiger partial charge < -0.3 is 4.98 Å². The Kier molecular flexibility index (Phi) is 8.52. The Labute approximate surface area is 194 Å². The Bertz CT molecular complexity index is 1100. The van der Waals surface area contributed by atoms with Crippen molar-refractivity contribution in [1.29, 1.82) is 0 Å². The highest BCUT2D eigenvalue weighted by Crippen LogP contribution is 2.20. The van der Waals surface area contributed by atoms with Gasteiger partial charge in [0.1, 0.15) is 5.82 Å². The summed E-state index contributed by atoms with van der Waals surface area (Å²) in [6.45, 7) is 8.35. The van der Waals surface area contributed by atoms with Crippen molar-refractivity contribution in [2.45, 2.75) is 59.8 Å². The molecule has 0 unspecified atom stereocenters. The number of H-pyrrole nitrogens is 1. The third-order valence-electron chi connectivity index (χ3n) is 5.48. The minimum Gasteiger partial charge on any atom is -0.361 e. The van der Waals surface area contributed by atoms with Crippen LogP contribution in [0.25, 0.3) is 10.9 Å². The molecule has 3 N–H and O–H groups in total. The second kappa shape index (κ2) is 11.5. The van der Waals surface area contributed by atoms with E-state index >= 15 is 0 Å². The van der Waals surface area contributed by atoms with Crippen LogP contribution in [0.15, 0.2) is 35.5 Å². The van der Waals surface area contributed by atoms with Crippen LogP contribution < -0.4 is 10.6 Å². The number of aryl methyl sites for hydroxylation is 2. The predicted molar refractivity (Wildman–Crippen MR) is 131 cm³/mol. The van der Waals surface area contributed by atoms with Crippen LogP contribution in [0.5, 0.6) is 0 Å². The van der Waals surface area contributed by atoms with E-state index in [1.165, 1.54) is 12.1 Å². The molecule has 2 aromatic heterocycles. The van der Waals surface area contributed by atoms with E-state index < -0.39 is 0 Å². The van der Waals surface area contributed by atoms with Crippen LogP contribution in [0, 0.1) is 25.6 Å². The van der Waals surface area contributed by atoms with Crippen LogP contribution in [0.2, 0.25) is 0 Å². The van der Waals surface area contributed by atoms with Gasteiger partial charge in [-0.1, -0.05) is 26.7 Å². The monoisotopic (exact) mass is 452 g/mol. The van der Waals surface area contributed by atoms with Crippen molar-refractivity contribution >= 4 is 28.7 Å². The Hall–Kier alpha value is -3.29. The molecule has 0 saturated heterocycles. The predicted octanol–water partition coefficient (Wildman–Crippen LogP) is 5.06. The van der Waals surface area contributed by atoms with E-state index in [4.69, 9.17) is 0 Å². The van der Waals surface area contributed by atoms with Crippen molar-refractivity contribution in [3.05, 3.63) is 53.2 Å². The molecule has 0 aliphatic rings. The van der Waals surface area contributed by atoms with Crippen molar-refractivity contribution in [3.63, 3.8) is 0 Å². The summed E-state index contributed by atoms with van der Waals surface area (Å²) in [6.07, 6.45) is 5.99. The Morgan fingerprint density at radius 3 is 2.48 bits per heavy atom. The fourth-order valence-corrected chi connectivity index (χ4v) is 3.97. The summed E-state index contributed by atoms with van der Waals surface area (Å²) in [5, 5.41) is 6.88. The molecule has 0 bridgehead atoms. The minimum absolute atomic E-state index is 0.0523. The third kappa shape index (κ3) is 6.84. The molecule has 1 aromatic carbocycles. The molecule has 7 nitrogen and oxygen atoms in total. The molecular formula is C25H33FN6O. The number of anilines is 1. The lowest BCUT2D eigenvalue weighted by Gasteiger charge is -2.17. The number of rotatable bonds is 9. The number of guanidine groups is 1. The third-order valence-corrected chi connectivity index (χ3v) is 5.48. The molecule has 0 spiro atoms. The van der Waals surface area contributed by atoms with Crippen molar-refractivity contribution in [2.24, 2.45) is 10.9 Å². The maximum absolute atomic E-state index is 13.7. The number of halogens is 1. The zero-order valence-electron chi connectivity index (χ0n) is 19.8. The molecule has 176 valence electrons. The van der Waals surface area contributed by atoms with E-state index in [1.54, 1.807) is 6.07 Å². The Morgan fingerprint density at radius 1 is 1.12 bits per heavy atom. The first-order valence-corrected chi connectivity index (χ1v) is 11.6. The van der Waals surface area contributed by atoms with Crippen LogP contribution >= 0.6 is 0 Å². The molecular weight excluding hydrogens is 419 g/mol. The van der Waals surface area contributed by atoms with Gasteiger partial charge in [0, 0.05) is 41.0 Å². The van der Waals surface area contributed by atoms with E-state index in [2.05, 4.69) is 44.4 Å². The maximum Gasteiger partial charge on any atom is 0.229 e. The normalized spacial score (nSPS) is 11.9. The fourth-order valence-electron chi connectivity index (χ4n) is 3.97. The lowest BCUT2D eigenvalue weighted by Crippen LogP contribution is -2.40. The van der Waals surface area contributed by atoms with Gasteiger partial charge in [0.2, 0.25) is 17.8 Å². The molecule has 0 radical (unpaired) electrons. The zero-order valence-corrected chi connectivity index (χ0v) is 19.8. The van der Waals surface area contributed by atoms with Gasteiger partial charge in [0.15, 0.2) is 0 Å². The number of fused-ring (bicyclic) bond motifs is 1. The number of carbonyl (C=O) groups excluding carboxylic acids is 1. The van der Waals surface area contributed by atoms with Gasteiger partial charge in [-0.3, -0.25) is 20.4 Å². The van der Waals surface area contributed by atoms with Crippen LogP contribution in [-0.4, -0.2) is 33.4 Å². The van der Waals surface area contributed by atoms with Gasteiger partial charge in [0.05, 0.1) is 0 Å². The van der Waals surface area contributed by atoms with Crippen LogP contribution in [0.1, 0.15) is 56.5 Å². The van der Waals surface area contributed by atoms with Gasteiger partial charge in [-0.25, -0.2) is 14.4 Å². The number of nitrogens with one attached hydrogen (secondary N) is 3. The highest BCUT2D eigenvalue weighted by Gasteiger charge is 2.19. The first-order chi connectivity index (χ1) is 15.9. The van der Waals surface area contributed by atoms with Crippen molar-refractivity contribution in [2.75, 3.05) is 11.9 Å². The van der Waals surface area contributed by atoms with E-state index in [0.717, 1.165) is 53.5 Å². The number of nitrogens with zero attached hydrogens (tertiary/aromatic N) is 3. The van der Waals surface area contributed by atoms with Crippen LogP contribution in [0.3, 0.4) is 0 Å². The van der Waals surface area contributed by atoms with Gasteiger partial charge in [-0.15, -0.1) is 0 Å². The number of carbonyl (C=O) groups is 1. The molecule has 0 saturated carbocycles. The molecule has 0 aliphatic heterocycles. The number of aliphatic imine (C=N–C) groups is 1. The first kappa shape index (κ1) is 24.4. The second-order valence-electron chi connectivity index (χ2n) is 8.35. The smallest absolute Gasteiger partial charge is 0.229 e. The van der Waals surface area contributed by atoms with Crippen molar-refractivity contribution in [3.8, 4) is 0 Å². The lowest BCUT2D eigenvalue weighted by molar-refractivity contribution is -0.124. The van der Waals surface area contributed by atoms with Crippen molar-refractivity contribution in [1.82, 2.24) is 20.3 Å². The van der Waals surface area contributed by atoms with Crippen LogP contribution in [0.4, 0.5) is 10.3 Å². The molecule has 3 rings (SSSR count). The highest BCUT2D eigenvalue weighted by atomic mass is 19.1. The van der Waals surface area contributed by atoms with E-state index in [9.17, 15) is 9.18 Å². The van der Waals surface area contributed by atoms with E-state index in [1.807, 2.05) is 26.1 Å². The summed E-state index contributed by atoms with van der Waals surface area (Å²) in [7, 11) is 0. The van der Waals surface area contributed by atoms with Crippen LogP contribution in [-0.2, 0) is 11.2 Å². The van der Waals surface area contributed by atoms with Gasteiger partial charge in [-0.05, 0) is 62.9 Å². The summed E-state index contributed by atoms with van der Waals surface area (Å²) in [4.78, 5) is 29.5. The number of benzene rings is 1. The summed E-state index contributed by atoms with van der Waals surface area (Å²) in [5.41, 5.74) is 3.50. The number of aromatic amines is 1. The highest BCUT2D eigenvalue weighted by molar-refractivity contribution is 6.04. The first-order valence-electron chi connectivity index (χ1n) is 11.6. The topological polar surface area (TPSA) is 95.1 Å². The number of hydrogen-bond acceptors (Lipinski definition) is 4. The average Bonchev–Trinajstić information content (AvgIpc) is 3.14. The van der Waals surface area contributed by atoms with E-state index in [-0.39, 0.29) is 17.6 Å². The van der Waals surface area contributed by atoms with Gasteiger partial charge >= 0.3 is 0 Å². The molecule has 0 fully saturated rings. The molecule has 33 heavy (non-hydrogen) atoms. The summed E-state index contributed by atoms with van der Waals surface area (Å²) in [6, 6.07) is 6.57. The second-order valence-corrected chi connectivity index (χ2v) is 8.35. The molecule has 8 heteroatoms. The fraction of sp³-hybridized carbons (Fsp3) is 0.440. The summed E-state index contributed by atoms with van der Waals surface area (Å²) in [5.74, 6) is 0.329. The average molecular weight is 453 g/mol. The minimum atomic E-state index is -0.272. The quantitative estimate of drug-likeness (QED) is 0.312. The van der Waals surface area contributed by atoms with Gasteiger partial charge in [0.25, 0.3) is 0 Å². The van der Waals surface area contributed by atoms with E-state index in [0.29, 0.717) is 24.9 Å². The zero-order chi connectivity index (χ0) is 23.8. The maximum atomic E-state index is 13.7. The number of hydrogen-bond donors (Lipinski definition) is 3. The Morgan fingerprint density at radius 2 is 1.82 bits per heavy atom.